The van der Waals surface area contributed by atoms with Crippen LogP contribution in [-0.4, -0.2) is 28.5 Å². The third kappa shape index (κ3) is 4.02. The lowest BCUT2D eigenvalue weighted by molar-refractivity contribution is -0.123. The Kier molecular flexibility index (Phi) is 5.25. The van der Waals surface area contributed by atoms with Crippen molar-refractivity contribution in [1.82, 2.24) is 0 Å². The Morgan fingerprint density at radius 1 is 1.10 bits per heavy atom. The summed E-state index contributed by atoms with van der Waals surface area (Å²) in [5, 5.41) is 0. The first-order chi connectivity index (χ1) is 13.4. The number of sulfonamides is 2. The van der Waals surface area contributed by atoms with Crippen LogP contribution in [0.3, 0.4) is 0 Å². The number of nitrogens with one attached hydrogen (secondary N) is 1. The molecule has 156 valence electrons. The molecule has 1 fully saturated rings. The fourth-order valence-electron chi connectivity index (χ4n) is 3.34. The number of carbonyl (C=O) groups excluding carboxylic acids is 1. The molecule has 0 saturated carbocycles. The van der Waals surface area contributed by atoms with Gasteiger partial charge in [-0.05, 0) is 68.7 Å². The highest BCUT2D eigenvalue weighted by molar-refractivity contribution is 7.94. The normalized spacial score (nSPS) is 18.1. The first-order valence-electron chi connectivity index (χ1n) is 9.17. The molecule has 9 heteroatoms. The topological polar surface area (TPSA) is 101 Å². The van der Waals surface area contributed by atoms with Crippen molar-refractivity contribution in [2.75, 3.05) is 14.8 Å². The number of nitrogens with zero attached hydrogens (tertiary/aromatic N) is 1. The minimum atomic E-state index is -3.87. The van der Waals surface area contributed by atoms with E-state index in [1.165, 1.54) is 18.2 Å². The molecule has 1 heterocycles. The third-order valence-electron chi connectivity index (χ3n) is 4.88. The molecule has 0 unspecified atom stereocenters. The summed E-state index contributed by atoms with van der Waals surface area (Å²) in [6.45, 7) is 6.73. The van der Waals surface area contributed by atoms with Crippen LogP contribution in [0.2, 0.25) is 0 Å². The van der Waals surface area contributed by atoms with Crippen LogP contribution >= 0.6 is 0 Å². The summed E-state index contributed by atoms with van der Waals surface area (Å²) < 4.78 is 53.8. The lowest BCUT2D eigenvalue weighted by Crippen LogP contribution is -2.33. The van der Waals surface area contributed by atoms with Gasteiger partial charge < -0.3 is 0 Å². The van der Waals surface area contributed by atoms with Gasteiger partial charge in [0.05, 0.1) is 21.8 Å². The predicted molar refractivity (Wildman–Crippen MR) is 113 cm³/mol. The molecule has 3 rings (SSSR count). The van der Waals surface area contributed by atoms with E-state index in [1.54, 1.807) is 32.9 Å². The smallest absolute Gasteiger partial charge is 0.262 e. The Bertz CT molecular complexity index is 1170. The van der Waals surface area contributed by atoms with Crippen LogP contribution in [0.4, 0.5) is 11.4 Å². The molecular weight excluding hydrogens is 412 g/mol. The van der Waals surface area contributed by atoms with Crippen molar-refractivity contribution in [2.24, 2.45) is 5.41 Å². The molecular formula is C20H24N2O5S2. The minimum Gasteiger partial charge on any atom is -0.280 e. The molecule has 0 radical (unpaired) electrons. The van der Waals surface area contributed by atoms with Gasteiger partial charge in [0.25, 0.3) is 10.0 Å². The van der Waals surface area contributed by atoms with Crippen LogP contribution in [0.5, 0.6) is 0 Å². The molecule has 0 spiro atoms. The van der Waals surface area contributed by atoms with Crippen LogP contribution < -0.4 is 9.03 Å². The van der Waals surface area contributed by atoms with E-state index >= 15 is 0 Å². The van der Waals surface area contributed by atoms with Crippen molar-refractivity contribution in [1.29, 1.82) is 0 Å². The quantitative estimate of drug-likeness (QED) is 0.776. The van der Waals surface area contributed by atoms with E-state index in [4.69, 9.17) is 0 Å². The summed E-state index contributed by atoms with van der Waals surface area (Å²) >= 11 is 0. The standard InChI is InChI=1S/C20H24N2O5S2/c1-5-15-6-8-16(9-7-15)21-29(26,27)18-11-10-17(12-14(18)2)22-19(23)20(3,4)13-28(22,24)25/h6-12,21H,5,13H2,1-4H3. The zero-order valence-corrected chi connectivity index (χ0v) is 18.4. The molecule has 0 bridgehead atoms. The van der Waals surface area contributed by atoms with Gasteiger partial charge in [-0.3, -0.25) is 9.52 Å². The fraction of sp³-hybridized carbons (Fsp3) is 0.350. The maximum absolute atomic E-state index is 12.8. The molecule has 7 nitrogen and oxygen atoms in total. The largest absolute Gasteiger partial charge is 0.280 e. The average molecular weight is 437 g/mol. The molecule has 1 aliphatic heterocycles. The van der Waals surface area contributed by atoms with Crippen LogP contribution in [0.15, 0.2) is 47.4 Å². The van der Waals surface area contributed by atoms with Gasteiger partial charge in [-0.1, -0.05) is 19.1 Å². The first-order valence-corrected chi connectivity index (χ1v) is 12.3. The van der Waals surface area contributed by atoms with Crippen LogP contribution in [0.25, 0.3) is 0 Å². The molecule has 0 aliphatic carbocycles. The summed E-state index contributed by atoms with van der Waals surface area (Å²) in [6, 6.07) is 11.2. The number of amides is 1. The van der Waals surface area contributed by atoms with Gasteiger partial charge in [-0.25, -0.2) is 21.1 Å². The van der Waals surface area contributed by atoms with Gasteiger partial charge in [0.1, 0.15) is 0 Å². The van der Waals surface area contributed by atoms with E-state index in [2.05, 4.69) is 4.72 Å². The highest BCUT2D eigenvalue weighted by Crippen LogP contribution is 2.36. The number of aryl methyl sites for hydroxylation is 2. The molecule has 29 heavy (non-hydrogen) atoms. The maximum Gasteiger partial charge on any atom is 0.262 e. The highest BCUT2D eigenvalue weighted by Gasteiger charge is 2.50. The van der Waals surface area contributed by atoms with E-state index in [0.717, 1.165) is 16.3 Å². The van der Waals surface area contributed by atoms with E-state index in [9.17, 15) is 21.6 Å². The number of benzene rings is 2. The second kappa shape index (κ2) is 7.14. The Morgan fingerprint density at radius 2 is 1.72 bits per heavy atom. The zero-order chi connectivity index (χ0) is 21.6. The van der Waals surface area contributed by atoms with Gasteiger partial charge in [0, 0.05) is 5.69 Å². The summed E-state index contributed by atoms with van der Waals surface area (Å²) in [5.74, 6) is -0.811. The summed E-state index contributed by atoms with van der Waals surface area (Å²) in [7, 11) is -7.67. The number of hydrogen-bond donors (Lipinski definition) is 1. The number of hydrogen-bond acceptors (Lipinski definition) is 5. The number of carbonyl (C=O) groups is 1. The van der Waals surface area contributed by atoms with Gasteiger partial charge in [0.2, 0.25) is 15.9 Å². The Balaban J connectivity index is 1.94. The number of rotatable bonds is 5. The van der Waals surface area contributed by atoms with Gasteiger partial charge in [0.15, 0.2) is 0 Å². The van der Waals surface area contributed by atoms with E-state index in [1.807, 2.05) is 19.1 Å². The average Bonchev–Trinajstić information content (AvgIpc) is 2.77. The summed E-state index contributed by atoms with van der Waals surface area (Å²) in [6.07, 6.45) is 0.850. The van der Waals surface area contributed by atoms with Crippen LogP contribution in [0.1, 0.15) is 31.9 Å². The molecule has 1 saturated heterocycles. The Hall–Kier alpha value is -2.39. The minimum absolute atomic E-state index is 0.0177. The maximum atomic E-state index is 12.8. The van der Waals surface area contributed by atoms with Crippen molar-refractivity contribution in [3.8, 4) is 0 Å². The number of anilines is 2. The summed E-state index contributed by atoms with van der Waals surface area (Å²) in [4.78, 5) is 12.6. The molecule has 1 N–H and O–H groups in total. The molecule has 2 aromatic carbocycles. The van der Waals surface area contributed by atoms with E-state index < -0.39 is 31.4 Å². The Morgan fingerprint density at radius 3 is 2.21 bits per heavy atom. The fourth-order valence-corrected chi connectivity index (χ4v) is 6.73. The van der Waals surface area contributed by atoms with Gasteiger partial charge >= 0.3 is 0 Å². The first kappa shape index (κ1) is 21.3. The Labute approximate surface area is 171 Å². The SMILES string of the molecule is CCc1ccc(NS(=O)(=O)c2ccc(N3C(=O)C(C)(C)CS3(=O)=O)cc2C)cc1. The van der Waals surface area contributed by atoms with Crippen molar-refractivity contribution >= 4 is 37.3 Å². The van der Waals surface area contributed by atoms with Gasteiger partial charge in [-0.2, -0.15) is 0 Å². The zero-order valence-electron chi connectivity index (χ0n) is 16.8. The second-order valence-electron chi connectivity index (χ2n) is 7.82. The molecule has 0 aromatic heterocycles. The third-order valence-corrected chi connectivity index (χ3v) is 8.44. The van der Waals surface area contributed by atoms with Crippen molar-refractivity contribution in [2.45, 2.75) is 39.0 Å². The van der Waals surface area contributed by atoms with Crippen molar-refractivity contribution in [3.63, 3.8) is 0 Å². The second-order valence-corrected chi connectivity index (χ2v) is 11.3. The molecule has 0 atom stereocenters. The van der Waals surface area contributed by atoms with Crippen LogP contribution in [-0.2, 0) is 31.3 Å². The van der Waals surface area contributed by atoms with Crippen molar-refractivity contribution in [3.05, 3.63) is 53.6 Å². The monoisotopic (exact) mass is 436 g/mol. The van der Waals surface area contributed by atoms with E-state index in [-0.39, 0.29) is 16.3 Å². The molecule has 1 aliphatic rings. The highest BCUT2D eigenvalue weighted by atomic mass is 32.2. The summed E-state index contributed by atoms with van der Waals surface area (Å²) in [5.41, 5.74) is 0.985. The lowest BCUT2D eigenvalue weighted by atomic mass is 9.95. The predicted octanol–water partition coefficient (Wildman–Crippen LogP) is 3.06. The van der Waals surface area contributed by atoms with Crippen LogP contribution in [0, 0.1) is 12.3 Å². The molecule has 2 aromatic rings. The lowest BCUT2D eigenvalue weighted by Gasteiger charge is -2.19. The van der Waals surface area contributed by atoms with Crippen molar-refractivity contribution < 1.29 is 21.6 Å². The van der Waals surface area contributed by atoms with Gasteiger partial charge in [-0.15, -0.1) is 0 Å². The molecule has 1 amide bonds. The van der Waals surface area contributed by atoms with E-state index in [0.29, 0.717) is 11.3 Å².